The Balaban J connectivity index is 1.53. The van der Waals surface area contributed by atoms with Crippen molar-refractivity contribution in [3.63, 3.8) is 0 Å². The number of aromatic nitrogens is 2. The molecule has 1 aliphatic rings. The highest BCUT2D eigenvalue weighted by molar-refractivity contribution is 5.50. The van der Waals surface area contributed by atoms with Crippen molar-refractivity contribution < 1.29 is 13.7 Å². The van der Waals surface area contributed by atoms with E-state index >= 15 is 0 Å². The van der Waals surface area contributed by atoms with Crippen molar-refractivity contribution in [2.75, 3.05) is 0 Å². The lowest BCUT2D eigenvalue weighted by atomic mass is 9.99. The molecule has 1 aromatic carbocycles. The molecule has 6 heteroatoms. The first-order valence-corrected chi connectivity index (χ1v) is 8.12. The molecule has 1 fully saturated rings. The number of nitrogens with two attached hydrogens (primary N) is 1. The Morgan fingerprint density at radius 1 is 1.12 bits per heavy atom. The number of furan rings is 1. The van der Waals surface area contributed by atoms with E-state index in [2.05, 4.69) is 10.1 Å². The lowest BCUT2D eigenvalue weighted by Crippen LogP contribution is -2.34. The zero-order chi connectivity index (χ0) is 16.4. The summed E-state index contributed by atoms with van der Waals surface area (Å²) < 4.78 is 16.7. The topological polar surface area (TPSA) is 87.3 Å². The van der Waals surface area contributed by atoms with Crippen molar-refractivity contribution in [3.8, 4) is 17.4 Å². The minimum atomic E-state index is -0.477. The maximum Gasteiger partial charge on any atom is 0.294 e. The Labute approximate surface area is 139 Å². The van der Waals surface area contributed by atoms with E-state index in [0.717, 1.165) is 37.0 Å². The van der Waals surface area contributed by atoms with E-state index in [4.69, 9.17) is 19.4 Å². The van der Waals surface area contributed by atoms with Gasteiger partial charge in [0.1, 0.15) is 12.4 Å². The molecule has 2 heterocycles. The molecule has 0 bridgehead atoms. The first-order chi connectivity index (χ1) is 11.7. The molecule has 6 nitrogen and oxygen atoms in total. The Morgan fingerprint density at radius 3 is 2.71 bits per heavy atom. The molecule has 124 valence electrons. The number of nitrogens with zero attached hydrogens (tertiary/aromatic N) is 2. The summed E-state index contributed by atoms with van der Waals surface area (Å²) in [6.45, 7) is 0.362. The summed E-state index contributed by atoms with van der Waals surface area (Å²) >= 11 is 0. The van der Waals surface area contributed by atoms with Crippen molar-refractivity contribution in [3.05, 3.63) is 54.0 Å². The quantitative estimate of drug-likeness (QED) is 0.770. The lowest BCUT2D eigenvalue weighted by Gasteiger charge is -2.17. The molecule has 3 aromatic rings. The minimum absolute atomic E-state index is 0.346. The van der Waals surface area contributed by atoms with Crippen LogP contribution in [-0.2, 0) is 12.1 Å². The van der Waals surface area contributed by atoms with Crippen LogP contribution in [0.5, 0.6) is 5.75 Å². The molecule has 2 N–H and O–H groups in total. The smallest absolute Gasteiger partial charge is 0.294 e. The van der Waals surface area contributed by atoms with Gasteiger partial charge < -0.3 is 19.4 Å². The van der Waals surface area contributed by atoms with Crippen LogP contribution < -0.4 is 10.5 Å². The number of ether oxygens (including phenoxy) is 1. The molecular formula is C18H19N3O3. The van der Waals surface area contributed by atoms with Gasteiger partial charge in [0.25, 0.3) is 5.89 Å². The normalized spacial score (nSPS) is 16.4. The van der Waals surface area contributed by atoms with E-state index in [1.807, 2.05) is 36.4 Å². The van der Waals surface area contributed by atoms with Crippen molar-refractivity contribution >= 4 is 0 Å². The maximum absolute atomic E-state index is 6.38. The molecule has 2 aromatic heterocycles. The van der Waals surface area contributed by atoms with Gasteiger partial charge in [-0.25, -0.2) is 0 Å². The van der Waals surface area contributed by atoms with E-state index in [0.29, 0.717) is 24.1 Å². The summed E-state index contributed by atoms with van der Waals surface area (Å²) in [5.74, 6) is 2.23. The molecule has 24 heavy (non-hydrogen) atoms. The largest absolute Gasteiger partial charge is 0.489 e. The second-order valence-electron chi connectivity index (χ2n) is 6.16. The van der Waals surface area contributed by atoms with Crippen molar-refractivity contribution in [1.82, 2.24) is 10.1 Å². The molecule has 0 radical (unpaired) electrons. The molecule has 0 spiro atoms. The van der Waals surface area contributed by atoms with E-state index in [9.17, 15) is 0 Å². The van der Waals surface area contributed by atoms with Gasteiger partial charge in [-0.3, -0.25) is 0 Å². The molecule has 0 atom stereocenters. The Hall–Kier alpha value is -2.60. The molecule has 4 rings (SSSR count). The first kappa shape index (κ1) is 15.0. The molecule has 1 aliphatic carbocycles. The van der Waals surface area contributed by atoms with E-state index in [1.54, 1.807) is 6.26 Å². The lowest BCUT2D eigenvalue weighted by molar-refractivity contribution is 0.304. The van der Waals surface area contributed by atoms with Crippen LogP contribution in [0.3, 0.4) is 0 Å². The van der Waals surface area contributed by atoms with Gasteiger partial charge in [-0.05, 0) is 31.0 Å². The number of hydrogen-bond donors (Lipinski definition) is 1. The second-order valence-corrected chi connectivity index (χ2v) is 6.16. The summed E-state index contributed by atoms with van der Waals surface area (Å²) in [6, 6.07) is 11.5. The zero-order valence-electron chi connectivity index (χ0n) is 13.3. The summed E-state index contributed by atoms with van der Waals surface area (Å²) in [4.78, 5) is 4.47. The van der Waals surface area contributed by atoms with Gasteiger partial charge in [-0.1, -0.05) is 36.2 Å². The second kappa shape index (κ2) is 6.13. The van der Waals surface area contributed by atoms with Crippen molar-refractivity contribution in [2.24, 2.45) is 5.73 Å². The number of benzene rings is 1. The Kier molecular flexibility index (Phi) is 3.82. The third-order valence-corrected chi connectivity index (χ3v) is 4.45. The number of hydrogen-bond acceptors (Lipinski definition) is 6. The van der Waals surface area contributed by atoms with Crippen LogP contribution >= 0.6 is 0 Å². The van der Waals surface area contributed by atoms with Gasteiger partial charge in [-0.2, -0.15) is 4.98 Å². The fourth-order valence-electron chi connectivity index (χ4n) is 3.06. The van der Waals surface area contributed by atoms with Gasteiger partial charge in [0.05, 0.1) is 11.8 Å². The summed E-state index contributed by atoms with van der Waals surface area (Å²) in [7, 11) is 0. The highest BCUT2D eigenvalue weighted by atomic mass is 16.5. The molecule has 0 amide bonds. The average molecular weight is 325 g/mol. The molecule has 0 aliphatic heterocycles. The Morgan fingerprint density at radius 2 is 1.92 bits per heavy atom. The summed E-state index contributed by atoms with van der Waals surface area (Å²) in [6.07, 6.45) is 5.55. The SMILES string of the molecule is NC1(c2noc(-c3occc3COc3ccccc3)n2)CCCC1. The van der Waals surface area contributed by atoms with Crippen molar-refractivity contribution in [2.45, 2.75) is 37.8 Å². The molecular weight excluding hydrogens is 306 g/mol. The van der Waals surface area contributed by atoms with Gasteiger partial charge in [-0.15, -0.1) is 0 Å². The van der Waals surface area contributed by atoms with E-state index in [-0.39, 0.29) is 0 Å². The predicted molar refractivity (Wildman–Crippen MR) is 87.1 cm³/mol. The standard InChI is InChI=1S/C18H19N3O3/c19-18(9-4-5-10-18)17-20-16(24-21-17)15-13(8-11-22-15)12-23-14-6-2-1-3-7-14/h1-3,6-8,11H,4-5,9-10,12,19H2. The van der Waals surface area contributed by atoms with Crippen LogP contribution in [0.25, 0.3) is 11.7 Å². The van der Waals surface area contributed by atoms with E-state index < -0.39 is 5.54 Å². The van der Waals surface area contributed by atoms with Gasteiger partial charge >= 0.3 is 0 Å². The van der Waals surface area contributed by atoms with Crippen molar-refractivity contribution in [1.29, 1.82) is 0 Å². The van der Waals surface area contributed by atoms with Gasteiger partial charge in [0.15, 0.2) is 11.6 Å². The molecule has 0 saturated heterocycles. The van der Waals surface area contributed by atoms with Gasteiger partial charge in [0.2, 0.25) is 0 Å². The molecule has 0 unspecified atom stereocenters. The Bertz CT molecular complexity index is 804. The zero-order valence-corrected chi connectivity index (χ0v) is 13.3. The third kappa shape index (κ3) is 2.80. The highest BCUT2D eigenvalue weighted by Crippen LogP contribution is 2.36. The van der Waals surface area contributed by atoms with Crippen LogP contribution in [0.4, 0.5) is 0 Å². The predicted octanol–water partition coefficient (Wildman–Crippen LogP) is 3.64. The number of rotatable bonds is 5. The average Bonchev–Trinajstić information content (AvgIpc) is 3.34. The monoisotopic (exact) mass is 325 g/mol. The highest BCUT2D eigenvalue weighted by Gasteiger charge is 2.36. The maximum atomic E-state index is 6.38. The van der Waals surface area contributed by atoms with Crippen LogP contribution in [0.2, 0.25) is 0 Å². The minimum Gasteiger partial charge on any atom is -0.489 e. The van der Waals surface area contributed by atoms with Gasteiger partial charge in [0, 0.05) is 5.56 Å². The van der Waals surface area contributed by atoms with Crippen LogP contribution in [0.15, 0.2) is 51.6 Å². The number of para-hydroxylation sites is 1. The molecule has 1 saturated carbocycles. The fraction of sp³-hybridized carbons (Fsp3) is 0.333. The summed E-state index contributed by atoms with van der Waals surface area (Å²) in [5, 5.41) is 4.07. The van der Waals surface area contributed by atoms with Crippen LogP contribution in [-0.4, -0.2) is 10.1 Å². The fourth-order valence-corrected chi connectivity index (χ4v) is 3.06. The summed E-state index contributed by atoms with van der Waals surface area (Å²) in [5.41, 5.74) is 6.76. The first-order valence-electron chi connectivity index (χ1n) is 8.12. The third-order valence-electron chi connectivity index (χ3n) is 4.45. The van der Waals surface area contributed by atoms with Crippen LogP contribution in [0.1, 0.15) is 37.1 Å². The van der Waals surface area contributed by atoms with Crippen LogP contribution in [0, 0.1) is 0 Å². The van der Waals surface area contributed by atoms with E-state index in [1.165, 1.54) is 0 Å².